The van der Waals surface area contributed by atoms with Gasteiger partial charge in [-0.15, -0.1) is 0 Å². The first-order valence-electron chi connectivity index (χ1n) is 4.59. The molecule has 0 unspecified atom stereocenters. The normalized spacial score (nSPS) is 9.88. The van der Waals surface area contributed by atoms with E-state index in [1.807, 2.05) is 0 Å². The van der Waals surface area contributed by atoms with Crippen LogP contribution in [0.15, 0.2) is 18.3 Å². The number of carbonyl (C=O) groups excluding carboxylic acids is 3. The summed E-state index contributed by atoms with van der Waals surface area (Å²) in [6, 6.07) is 3.43. The van der Waals surface area contributed by atoms with Gasteiger partial charge in [-0.1, -0.05) is 11.8 Å². The average molecular weight is 240 g/mol. The molecule has 0 spiro atoms. The standard InChI is InChI=1S/C10H12N2O3S/c1-7(13)11-9(14)6-16-10(15)8-4-3-5-12(8)2/h3-5H,6H2,1-2H3,(H,11,13,14). The third-order valence-corrected chi connectivity index (χ3v) is 2.68. The molecule has 2 amide bonds. The molecule has 0 saturated heterocycles. The van der Waals surface area contributed by atoms with Crippen molar-refractivity contribution in [3.63, 3.8) is 0 Å². The van der Waals surface area contributed by atoms with Crippen molar-refractivity contribution in [3.05, 3.63) is 24.0 Å². The average Bonchev–Trinajstić information content (AvgIpc) is 2.60. The molecule has 1 aromatic rings. The minimum absolute atomic E-state index is 0.0520. The van der Waals surface area contributed by atoms with E-state index in [0.717, 1.165) is 11.8 Å². The van der Waals surface area contributed by atoms with Gasteiger partial charge < -0.3 is 4.57 Å². The van der Waals surface area contributed by atoms with Crippen LogP contribution in [-0.2, 0) is 16.6 Å². The molecule has 0 aliphatic rings. The molecular weight excluding hydrogens is 228 g/mol. The lowest BCUT2D eigenvalue weighted by molar-refractivity contribution is -0.127. The van der Waals surface area contributed by atoms with Crippen LogP contribution < -0.4 is 5.32 Å². The molecule has 5 nitrogen and oxygen atoms in total. The Bertz CT molecular complexity index is 425. The van der Waals surface area contributed by atoms with Crippen molar-refractivity contribution >= 4 is 28.7 Å². The van der Waals surface area contributed by atoms with E-state index >= 15 is 0 Å². The summed E-state index contributed by atoms with van der Waals surface area (Å²) < 4.78 is 1.68. The zero-order chi connectivity index (χ0) is 12.1. The molecule has 86 valence electrons. The van der Waals surface area contributed by atoms with Crippen LogP contribution in [0.3, 0.4) is 0 Å². The predicted molar refractivity (Wildman–Crippen MR) is 61.0 cm³/mol. The number of aromatic nitrogens is 1. The summed E-state index contributed by atoms with van der Waals surface area (Å²) in [4.78, 5) is 33.2. The first-order valence-corrected chi connectivity index (χ1v) is 5.58. The lowest BCUT2D eigenvalue weighted by atomic mass is 10.5. The molecular formula is C10H12N2O3S. The fourth-order valence-electron chi connectivity index (χ4n) is 1.11. The molecule has 0 aliphatic carbocycles. The SMILES string of the molecule is CC(=O)NC(=O)CSC(=O)c1cccn1C. The van der Waals surface area contributed by atoms with Crippen molar-refractivity contribution in [1.29, 1.82) is 0 Å². The topological polar surface area (TPSA) is 68.2 Å². The van der Waals surface area contributed by atoms with Gasteiger partial charge in [-0.2, -0.15) is 0 Å². The van der Waals surface area contributed by atoms with Crippen molar-refractivity contribution in [1.82, 2.24) is 9.88 Å². The number of rotatable bonds is 3. The number of amides is 2. The maximum atomic E-state index is 11.6. The molecule has 0 aliphatic heterocycles. The summed E-state index contributed by atoms with van der Waals surface area (Å²) in [7, 11) is 1.75. The zero-order valence-corrected chi connectivity index (χ0v) is 9.84. The Kier molecular flexibility index (Phi) is 4.30. The van der Waals surface area contributed by atoms with Gasteiger partial charge in [0.05, 0.1) is 11.4 Å². The number of nitrogens with one attached hydrogen (secondary N) is 1. The fourth-order valence-corrected chi connectivity index (χ4v) is 1.80. The van der Waals surface area contributed by atoms with Crippen LogP contribution in [0.1, 0.15) is 17.4 Å². The quantitative estimate of drug-likeness (QED) is 0.838. The van der Waals surface area contributed by atoms with Gasteiger partial charge in [-0.3, -0.25) is 19.7 Å². The number of carbonyl (C=O) groups is 3. The minimum Gasteiger partial charge on any atom is -0.347 e. The van der Waals surface area contributed by atoms with E-state index in [0.29, 0.717) is 5.69 Å². The molecule has 0 saturated carbocycles. The second-order valence-electron chi connectivity index (χ2n) is 3.18. The van der Waals surface area contributed by atoms with E-state index in [9.17, 15) is 14.4 Å². The van der Waals surface area contributed by atoms with E-state index in [4.69, 9.17) is 0 Å². The number of thioether (sulfide) groups is 1. The molecule has 0 bridgehead atoms. The van der Waals surface area contributed by atoms with E-state index in [-0.39, 0.29) is 10.9 Å². The molecule has 6 heteroatoms. The minimum atomic E-state index is -0.458. The van der Waals surface area contributed by atoms with E-state index in [2.05, 4.69) is 5.32 Å². The number of nitrogens with zero attached hydrogens (tertiary/aromatic N) is 1. The predicted octanol–water partition coefficient (Wildman–Crippen LogP) is 0.561. The smallest absolute Gasteiger partial charge is 0.237 e. The highest BCUT2D eigenvalue weighted by Crippen LogP contribution is 2.11. The van der Waals surface area contributed by atoms with Gasteiger partial charge in [0.1, 0.15) is 0 Å². The molecule has 0 fully saturated rings. The Balaban J connectivity index is 2.45. The highest BCUT2D eigenvalue weighted by molar-refractivity contribution is 8.14. The maximum Gasteiger partial charge on any atom is 0.237 e. The van der Waals surface area contributed by atoms with Crippen LogP contribution in [0.5, 0.6) is 0 Å². The number of aryl methyl sites for hydroxylation is 1. The summed E-state index contributed by atoms with van der Waals surface area (Å²) >= 11 is 0.874. The largest absolute Gasteiger partial charge is 0.347 e. The fraction of sp³-hybridized carbons (Fsp3) is 0.300. The summed E-state index contributed by atoms with van der Waals surface area (Å²) in [6.45, 7) is 1.25. The monoisotopic (exact) mass is 240 g/mol. The Hall–Kier alpha value is -1.56. The number of imide groups is 1. The van der Waals surface area contributed by atoms with Crippen molar-refractivity contribution in [2.24, 2.45) is 7.05 Å². The molecule has 0 aromatic carbocycles. The second kappa shape index (κ2) is 5.50. The van der Waals surface area contributed by atoms with Crippen LogP contribution >= 0.6 is 11.8 Å². The van der Waals surface area contributed by atoms with Gasteiger partial charge in [0.25, 0.3) is 0 Å². The molecule has 16 heavy (non-hydrogen) atoms. The Labute approximate surface area is 97.2 Å². The molecule has 1 heterocycles. The maximum absolute atomic E-state index is 11.6. The lowest BCUT2D eigenvalue weighted by Crippen LogP contribution is -2.29. The molecule has 1 N–H and O–H groups in total. The lowest BCUT2D eigenvalue weighted by Gasteiger charge is -2.02. The first-order chi connectivity index (χ1) is 7.50. The van der Waals surface area contributed by atoms with Crippen LogP contribution in [0.4, 0.5) is 0 Å². The third kappa shape index (κ3) is 3.54. The Morgan fingerprint density at radius 2 is 2.12 bits per heavy atom. The second-order valence-corrected chi connectivity index (χ2v) is 4.13. The molecule has 1 rings (SSSR count). The van der Waals surface area contributed by atoms with Crippen molar-refractivity contribution in [3.8, 4) is 0 Å². The van der Waals surface area contributed by atoms with E-state index in [1.54, 1.807) is 29.9 Å². The zero-order valence-electron chi connectivity index (χ0n) is 9.02. The summed E-state index contributed by atoms with van der Waals surface area (Å²) in [5.41, 5.74) is 0.528. The summed E-state index contributed by atoms with van der Waals surface area (Å²) in [6.07, 6.45) is 1.75. The van der Waals surface area contributed by atoms with Crippen molar-refractivity contribution in [2.45, 2.75) is 6.92 Å². The molecule has 1 aromatic heterocycles. The van der Waals surface area contributed by atoms with Gasteiger partial charge in [0.2, 0.25) is 16.9 Å². The van der Waals surface area contributed by atoms with Crippen LogP contribution in [0.25, 0.3) is 0 Å². The van der Waals surface area contributed by atoms with Gasteiger partial charge in [-0.25, -0.2) is 0 Å². The Morgan fingerprint density at radius 1 is 1.44 bits per heavy atom. The van der Waals surface area contributed by atoms with E-state index in [1.165, 1.54) is 6.92 Å². The van der Waals surface area contributed by atoms with Crippen LogP contribution in [-0.4, -0.2) is 27.2 Å². The molecule has 0 radical (unpaired) electrons. The van der Waals surface area contributed by atoms with Gasteiger partial charge >= 0.3 is 0 Å². The number of hydrogen-bond donors (Lipinski definition) is 1. The van der Waals surface area contributed by atoms with Crippen molar-refractivity contribution in [2.75, 3.05) is 5.75 Å². The molecule has 0 atom stereocenters. The van der Waals surface area contributed by atoms with Gasteiger partial charge in [-0.05, 0) is 12.1 Å². The van der Waals surface area contributed by atoms with Gasteiger partial charge in [0.15, 0.2) is 0 Å². The highest BCUT2D eigenvalue weighted by atomic mass is 32.2. The van der Waals surface area contributed by atoms with Crippen LogP contribution in [0, 0.1) is 0 Å². The summed E-state index contributed by atoms with van der Waals surface area (Å²) in [5, 5.41) is 1.91. The Morgan fingerprint density at radius 3 is 2.62 bits per heavy atom. The number of hydrogen-bond acceptors (Lipinski definition) is 4. The first kappa shape index (κ1) is 12.5. The van der Waals surface area contributed by atoms with Crippen LogP contribution in [0.2, 0.25) is 0 Å². The van der Waals surface area contributed by atoms with Crippen molar-refractivity contribution < 1.29 is 14.4 Å². The summed E-state index contributed by atoms with van der Waals surface area (Å²) in [5.74, 6) is -0.930. The van der Waals surface area contributed by atoms with Gasteiger partial charge in [0, 0.05) is 20.2 Å². The third-order valence-electron chi connectivity index (χ3n) is 1.80. The van der Waals surface area contributed by atoms with E-state index < -0.39 is 11.8 Å². The highest BCUT2D eigenvalue weighted by Gasteiger charge is 2.12.